The summed E-state index contributed by atoms with van der Waals surface area (Å²) in [5.41, 5.74) is 4.59. The number of carbonyl (C=O) groups excluding carboxylic acids is 2. The van der Waals surface area contributed by atoms with Crippen molar-refractivity contribution in [3.8, 4) is 0 Å². The lowest BCUT2D eigenvalue weighted by molar-refractivity contribution is -0.117. The third-order valence-corrected chi connectivity index (χ3v) is 3.35. The molecule has 110 valence electrons. The number of hydrogen-bond acceptors (Lipinski definition) is 2. The molecule has 1 aliphatic rings. The van der Waals surface area contributed by atoms with Crippen LogP contribution >= 0.6 is 0 Å². The number of hydrazine groups is 1. The van der Waals surface area contributed by atoms with Gasteiger partial charge in [-0.15, -0.1) is 0 Å². The second-order valence-electron chi connectivity index (χ2n) is 5.03. The van der Waals surface area contributed by atoms with Gasteiger partial charge < -0.3 is 0 Å². The third-order valence-electron chi connectivity index (χ3n) is 3.35. The first kappa shape index (κ1) is 14.0. The van der Waals surface area contributed by atoms with E-state index < -0.39 is 17.6 Å². The normalized spacial score (nSPS) is 16.3. The van der Waals surface area contributed by atoms with E-state index in [9.17, 15) is 14.0 Å². The number of halogens is 1. The van der Waals surface area contributed by atoms with Gasteiger partial charge in [0.1, 0.15) is 11.4 Å². The lowest BCUT2D eigenvalue weighted by Crippen LogP contribution is -2.35. The van der Waals surface area contributed by atoms with Crippen molar-refractivity contribution in [1.29, 1.82) is 0 Å². The molecule has 5 heteroatoms. The second-order valence-corrected chi connectivity index (χ2v) is 5.03. The monoisotopic (exact) mass is 296 g/mol. The Morgan fingerprint density at radius 3 is 2.50 bits per heavy atom. The Hall–Kier alpha value is -2.95. The van der Waals surface area contributed by atoms with E-state index >= 15 is 0 Å². The van der Waals surface area contributed by atoms with Crippen molar-refractivity contribution in [3.63, 3.8) is 0 Å². The molecule has 1 N–H and O–H groups in total. The number of aryl methyl sites for hydroxylation is 1. The predicted octanol–water partition coefficient (Wildman–Crippen LogP) is 2.60. The first-order valence-corrected chi connectivity index (χ1v) is 6.74. The average molecular weight is 296 g/mol. The van der Waals surface area contributed by atoms with Crippen molar-refractivity contribution in [2.75, 3.05) is 5.01 Å². The number of rotatable bonds is 2. The number of anilines is 1. The molecule has 1 fully saturated rings. The molecule has 1 aliphatic heterocycles. The smallest absolute Gasteiger partial charge is 0.267 e. The van der Waals surface area contributed by atoms with Gasteiger partial charge in [0.05, 0.1) is 5.69 Å². The standard InChI is InChI=1S/C17H13FN2O2/c1-11-5-7-12(8-6-11)9-15-16(21)19-20(17(15)22)14-4-2-3-13(18)10-14/h2-10H,1H3,(H,19,21)/b15-9+. The van der Waals surface area contributed by atoms with Gasteiger partial charge in [0, 0.05) is 0 Å². The average Bonchev–Trinajstić information content (AvgIpc) is 2.77. The third kappa shape index (κ3) is 2.61. The molecule has 0 saturated carbocycles. The highest BCUT2D eigenvalue weighted by Crippen LogP contribution is 2.22. The Morgan fingerprint density at radius 1 is 1.09 bits per heavy atom. The van der Waals surface area contributed by atoms with E-state index in [1.807, 2.05) is 31.2 Å². The Morgan fingerprint density at radius 2 is 1.82 bits per heavy atom. The maximum Gasteiger partial charge on any atom is 0.282 e. The molecule has 1 saturated heterocycles. The van der Waals surface area contributed by atoms with Gasteiger partial charge in [0.2, 0.25) is 0 Å². The van der Waals surface area contributed by atoms with Crippen LogP contribution in [0.3, 0.4) is 0 Å². The van der Waals surface area contributed by atoms with Crippen LogP contribution < -0.4 is 10.4 Å². The van der Waals surface area contributed by atoms with Crippen molar-refractivity contribution in [2.24, 2.45) is 0 Å². The number of nitrogens with zero attached hydrogens (tertiary/aromatic N) is 1. The van der Waals surface area contributed by atoms with Crippen LogP contribution in [-0.2, 0) is 9.59 Å². The molecule has 0 unspecified atom stereocenters. The summed E-state index contributed by atoms with van der Waals surface area (Å²) in [4.78, 5) is 24.3. The van der Waals surface area contributed by atoms with Gasteiger partial charge >= 0.3 is 0 Å². The summed E-state index contributed by atoms with van der Waals surface area (Å²) in [6, 6.07) is 12.9. The number of amides is 2. The zero-order chi connectivity index (χ0) is 15.7. The minimum atomic E-state index is -0.505. The van der Waals surface area contributed by atoms with Crippen molar-refractivity contribution in [2.45, 2.75) is 6.92 Å². The maximum atomic E-state index is 13.3. The van der Waals surface area contributed by atoms with Gasteiger partial charge in [-0.1, -0.05) is 35.9 Å². The topological polar surface area (TPSA) is 49.4 Å². The molecule has 0 atom stereocenters. The van der Waals surface area contributed by atoms with E-state index in [1.54, 1.807) is 6.07 Å². The summed E-state index contributed by atoms with van der Waals surface area (Å²) >= 11 is 0. The minimum Gasteiger partial charge on any atom is -0.267 e. The summed E-state index contributed by atoms with van der Waals surface area (Å²) in [5, 5.41) is 1.05. The molecule has 22 heavy (non-hydrogen) atoms. The second kappa shape index (κ2) is 5.44. The molecule has 1 heterocycles. The van der Waals surface area contributed by atoms with Gasteiger partial charge in [-0.2, -0.15) is 0 Å². The molecular weight excluding hydrogens is 283 g/mol. The van der Waals surface area contributed by atoms with E-state index in [4.69, 9.17) is 0 Å². The lowest BCUT2D eigenvalue weighted by atomic mass is 10.1. The lowest BCUT2D eigenvalue weighted by Gasteiger charge is -2.14. The molecular formula is C17H13FN2O2. The van der Waals surface area contributed by atoms with Crippen molar-refractivity contribution < 1.29 is 14.0 Å². The molecule has 0 spiro atoms. The molecule has 0 aliphatic carbocycles. The molecule has 2 amide bonds. The number of nitrogens with one attached hydrogen (secondary N) is 1. The van der Waals surface area contributed by atoms with Crippen molar-refractivity contribution in [1.82, 2.24) is 5.43 Å². The van der Waals surface area contributed by atoms with Crippen LogP contribution in [0.2, 0.25) is 0 Å². The van der Waals surface area contributed by atoms with E-state index in [0.29, 0.717) is 0 Å². The Bertz CT molecular complexity index is 782. The first-order chi connectivity index (χ1) is 10.5. The fourth-order valence-corrected chi connectivity index (χ4v) is 2.18. The zero-order valence-electron chi connectivity index (χ0n) is 11.8. The van der Waals surface area contributed by atoms with Crippen LogP contribution in [0.5, 0.6) is 0 Å². The molecule has 4 nitrogen and oxygen atoms in total. The predicted molar refractivity (Wildman–Crippen MR) is 81.2 cm³/mol. The minimum absolute atomic E-state index is 0.0214. The van der Waals surface area contributed by atoms with Crippen molar-refractivity contribution in [3.05, 3.63) is 71.0 Å². The van der Waals surface area contributed by atoms with Crippen molar-refractivity contribution >= 4 is 23.6 Å². The first-order valence-electron chi connectivity index (χ1n) is 6.74. The highest BCUT2D eigenvalue weighted by molar-refractivity contribution is 6.31. The highest BCUT2D eigenvalue weighted by atomic mass is 19.1. The van der Waals surface area contributed by atoms with E-state index in [2.05, 4.69) is 5.43 Å². The van der Waals surface area contributed by atoms with Crippen LogP contribution in [0.25, 0.3) is 6.08 Å². The van der Waals surface area contributed by atoms with Gasteiger partial charge in [0.25, 0.3) is 11.8 Å². The van der Waals surface area contributed by atoms with Gasteiger partial charge in [-0.05, 0) is 36.8 Å². The Balaban J connectivity index is 1.93. The van der Waals surface area contributed by atoms with Crippen LogP contribution in [-0.4, -0.2) is 11.8 Å². The Labute approximate surface area is 126 Å². The molecule has 2 aromatic rings. The van der Waals surface area contributed by atoms with Crippen LogP contribution in [0.4, 0.5) is 10.1 Å². The number of hydrogen-bond donors (Lipinski definition) is 1. The van der Waals surface area contributed by atoms with Gasteiger partial charge in [-0.3, -0.25) is 15.0 Å². The van der Waals surface area contributed by atoms with E-state index in [1.165, 1.54) is 24.3 Å². The SMILES string of the molecule is Cc1ccc(/C=C2\C(=O)NN(c3cccc(F)c3)C2=O)cc1. The summed E-state index contributed by atoms with van der Waals surface area (Å²) in [6.07, 6.45) is 1.52. The largest absolute Gasteiger partial charge is 0.282 e. The number of benzene rings is 2. The maximum absolute atomic E-state index is 13.3. The fraction of sp³-hybridized carbons (Fsp3) is 0.0588. The zero-order valence-corrected chi connectivity index (χ0v) is 11.8. The molecule has 0 bridgehead atoms. The fourth-order valence-electron chi connectivity index (χ4n) is 2.18. The van der Waals surface area contributed by atoms with Crippen LogP contribution in [0.1, 0.15) is 11.1 Å². The molecule has 3 rings (SSSR count). The Kier molecular flexibility index (Phi) is 3.47. The van der Waals surface area contributed by atoms with E-state index in [0.717, 1.165) is 16.1 Å². The van der Waals surface area contributed by atoms with Crippen LogP contribution in [0.15, 0.2) is 54.1 Å². The highest BCUT2D eigenvalue weighted by Gasteiger charge is 2.34. The van der Waals surface area contributed by atoms with Gasteiger partial charge in [0.15, 0.2) is 0 Å². The van der Waals surface area contributed by atoms with Gasteiger partial charge in [-0.25, -0.2) is 9.40 Å². The summed E-state index contributed by atoms with van der Waals surface area (Å²) in [7, 11) is 0. The number of carbonyl (C=O) groups is 2. The quantitative estimate of drug-likeness (QED) is 0.684. The molecule has 0 aromatic heterocycles. The molecule has 0 radical (unpaired) electrons. The summed E-state index contributed by atoms with van der Waals surface area (Å²) < 4.78 is 13.3. The van der Waals surface area contributed by atoms with Crippen LogP contribution in [0, 0.1) is 12.7 Å². The van der Waals surface area contributed by atoms with E-state index in [-0.39, 0.29) is 11.3 Å². The summed E-state index contributed by atoms with van der Waals surface area (Å²) in [6.45, 7) is 1.95. The molecule has 2 aromatic carbocycles. The summed E-state index contributed by atoms with van der Waals surface area (Å²) in [5.74, 6) is -1.48.